The number of nitrogens with zero attached hydrogens (tertiary/aromatic N) is 2. The average molecular weight is 436 g/mol. The van der Waals surface area contributed by atoms with Crippen molar-refractivity contribution in [3.63, 3.8) is 0 Å². The predicted molar refractivity (Wildman–Crippen MR) is 117 cm³/mol. The van der Waals surface area contributed by atoms with Crippen molar-refractivity contribution in [2.24, 2.45) is 0 Å². The second-order valence-corrected chi connectivity index (χ2v) is 10.9. The third kappa shape index (κ3) is 4.50. The fraction of sp³-hybridized carbons (Fsp3) is 0.708. The molecule has 5 nitrogen and oxygen atoms in total. The first-order valence-corrected chi connectivity index (χ1v) is 11.4. The van der Waals surface area contributed by atoms with Gasteiger partial charge in [0.25, 0.3) is 0 Å². The van der Waals surface area contributed by atoms with Crippen molar-refractivity contribution in [1.29, 1.82) is 0 Å². The standard InChI is InChI=1S/C24H35F2N3O2/c1-22(2,3)16-12-17(15-6-8-24(25,26)9-7-15)28-18-13-19(31-20(16)18)21(30)29-11-10-27-14-23(29,4)5/h12-13,15,21,27,30H,6-11,14H2,1-5H3. The Labute approximate surface area is 183 Å². The van der Waals surface area contributed by atoms with Gasteiger partial charge in [-0.25, -0.2) is 13.8 Å². The van der Waals surface area contributed by atoms with Crippen molar-refractivity contribution in [3.8, 4) is 0 Å². The number of alkyl halides is 2. The van der Waals surface area contributed by atoms with Crippen LogP contribution in [0.5, 0.6) is 0 Å². The highest BCUT2D eigenvalue weighted by Gasteiger charge is 2.38. The molecule has 2 aromatic rings. The Morgan fingerprint density at radius 1 is 1.23 bits per heavy atom. The van der Waals surface area contributed by atoms with E-state index in [9.17, 15) is 13.9 Å². The zero-order valence-electron chi connectivity index (χ0n) is 19.3. The van der Waals surface area contributed by atoms with Crippen LogP contribution in [-0.4, -0.2) is 46.1 Å². The Hall–Kier alpha value is -1.57. The van der Waals surface area contributed by atoms with Crippen LogP contribution in [0.2, 0.25) is 0 Å². The van der Waals surface area contributed by atoms with Gasteiger partial charge in [-0.05, 0) is 38.2 Å². The lowest BCUT2D eigenvalue weighted by atomic mass is 9.81. The summed E-state index contributed by atoms with van der Waals surface area (Å²) in [5.41, 5.74) is 2.82. The highest BCUT2D eigenvalue weighted by atomic mass is 19.3. The molecule has 4 rings (SSSR count). The molecular formula is C24H35F2N3O2. The number of halogens is 2. The molecule has 172 valence electrons. The van der Waals surface area contributed by atoms with Gasteiger partial charge < -0.3 is 14.8 Å². The second-order valence-electron chi connectivity index (χ2n) is 10.9. The fourth-order valence-electron chi connectivity index (χ4n) is 4.89. The summed E-state index contributed by atoms with van der Waals surface area (Å²) in [7, 11) is 0. The van der Waals surface area contributed by atoms with Gasteiger partial charge in [0.15, 0.2) is 17.6 Å². The lowest BCUT2D eigenvalue weighted by molar-refractivity contribution is -0.0804. The maximum Gasteiger partial charge on any atom is 0.248 e. The number of rotatable bonds is 3. The molecule has 1 saturated carbocycles. The van der Waals surface area contributed by atoms with Crippen molar-refractivity contribution < 1.29 is 18.3 Å². The fourth-order valence-corrected chi connectivity index (χ4v) is 4.89. The molecular weight excluding hydrogens is 400 g/mol. The van der Waals surface area contributed by atoms with Crippen LogP contribution in [-0.2, 0) is 5.41 Å². The Morgan fingerprint density at radius 3 is 2.52 bits per heavy atom. The van der Waals surface area contributed by atoms with Crippen molar-refractivity contribution >= 4 is 11.1 Å². The summed E-state index contributed by atoms with van der Waals surface area (Å²) < 4.78 is 33.6. The van der Waals surface area contributed by atoms with E-state index in [4.69, 9.17) is 9.40 Å². The molecule has 3 heterocycles. The Balaban J connectivity index is 1.72. The van der Waals surface area contributed by atoms with E-state index < -0.39 is 12.2 Å². The molecule has 31 heavy (non-hydrogen) atoms. The van der Waals surface area contributed by atoms with Gasteiger partial charge in [-0.1, -0.05) is 20.8 Å². The van der Waals surface area contributed by atoms with Crippen LogP contribution in [0.15, 0.2) is 16.5 Å². The summed E-state index contributed by atoms with van der Waals surface area (Å²) >= 11 is 0. The maximum absolute atomic E-state index is 13.7. The van der Waals surface area contributed by atoms with Crippen LogP contribution in [0.3, 0.4) is 0 Å². The van der Waals surface area contributed by atoms with Gasteiger partial charge in [0.1, 0.15) is 5.52 Å². The monoisotopic (exact) mass is 435 g/mol. The highest BCUT2D eigenvalue weighted by Crippen LogP contribution is 2.43. The van der Waals surface area contributed by atoms with Gasteiger partial charge in [0.2, 0.25) is 5.92 Å². The number of furan rings is 1. The topological polar surface area (TPSA) is 61.5 Å². The van der Waals surface area contributed by atoms with Crippen LogP contribution < -0.4 is 5.32 Å². The number of fused-ring (bicyclic) bond motifs is 1. The van der Waals surface area contributed by atoms with E-state index in [1.54, 1.807) is 0 Å². The van der Waals surface area contributed by atoms with Crippen molar-refractivity contribution in [1.82, 2.24) is 15.2 Å². The summed E-state index contributed by atoms with van der Waals surface area (Å²) in [4.78, 5) is 6.87. The van der Waals surface area contributed by atoms with Crippen molar-refractivity contribution in [2.75, 3.05) is 19.6 Å². The summed E-state index contributed by atoms with van der Waals surface area (Å²) in [5.74, 6) is -2.05. The third-order valence-electron chi connectivity index (χ3n) is 6.88. The number of aliphatic hydroxyl groups excluding tert-OH is 1. The summed E-state index contributed by atoms with van der Waals surface area (Å²) in [6.45, 7) is 12.8. The molecule has 0 spiro atoms. The first-order chi connectivity index (χ1) is 14.4. The van der Waals surface area contributed by atoms with E-state index in [-0.39, 0.29) is 29.7 Å². The molecule has 1 atom stereocenters. The highest BCUT2D eigenvalue weighted by molar-refractivity contribution is 5.78. The molecule has 2 fully saturated rings. The van der Waals surface area contributed by atoms with E-state index in [0.29, 0.717) is 36.2 Å². The summed E-state index contributed by atoms with van der Waals surface area (Å²) in [6, 6.07) is 3.86. The second kappa shape index (κ2) is 7.78. The van der Waals surface area contributed by atoms with E-state index in [1.807, 2.05) is 17.0 Å². The van der Waals surface area contributed by atoms with E-state index in [0.717, 1.165) is 24.3 Å². The minimum atomic E-state index is -2.56. The number of nitrogens with one attached hydrogen (secondary N) is 1. The predicted octanol–water partition coefficient (Wildman–Crippen LogP) is 5.09. The van der Waals surface area contributed by atoms with Gasteiger partial charge >= 0.3 is 0 Å². The molecule has 2 N–H and O–H groups in total. The number of hydrogen-bond acceptors (Lipinski definition) is 5. The molecule has 1 saturated heterocycles. The number of aromatic nitrogens is 1. The van der Waals surface area contributed by atoms with E-state index in [2.05, 4.69) is 39.9 Å². The smallest absolute Gasteiger partial charge is 0.248 e. The molecule has 1 aliphatic heterocycles. The SMILES string of the molecule is CC(C)(C)c1cc(C2CCC(F)(F)CC2)nc2cc(C(O)N3CCNCC3(C)C)oc12. The van der Waals surface area contributed by atoms with Gasteiger partial charge in [-0.15, -0.1) is 0 Å². The van der Waals surface area contributed by atoms with Gasteiger partial charge in [0.05, 0.1) is 0 Å². The molecule has 0 radical (unpaired) electrons. The third-order valence-corrected chi connectivity index (χ3v) is 6.88. The first kappa shape index (κ1) is 22.6. The zero-order chi connectivity index (χ0) is 22.6. The minimum Gasteiger partial charge on any atom is -0.455 e. The zero-order valence-corrected chi connectivity index (χ0v) is 19.3. The van der Waals surface area contributed by atoms with Crippen LogP contribution >= 0.6 is 0 Å². The Kier molecular flexibility index (Phi) is 5.68. The van der Waals surface area contributed by atoms with Crippen molar-refractivity contribution in [3.05, 3.63) is 29.2 Å². The normalized spacial score (nSPS) is 23.9. The molecule has 7 heteroatoms. The minimum absolute atomic E-state index is 0.0282. The maximum atomic E-state index is 13.7. The van der Waals surface area contributed by atoms with Gasteiger partial charge in [-0.2, -0.15) is 0 Å². The molecule has 0 aromatic carbocycles. The molecule has 0 amide bonds. The van der Waals surface area contributed by atoms with Crippen LogP contribution in [0.4, 0.5) is 8.78 Å². The Bertz CT molecular complexity index is 938. The molecule has 1 aliphatic carbocycles. The lowest BCUT2D eigenvalue weighted by Gasteiger charge is -2.44. The molecule has 2 aliphatic rings. The van der Waals surface area contributed by atoms with E-state index >= 15 is 0 Å². The quantitative estimate of drug-likeness (QED) is 0.703. The largest absolute Gasteiger partial charge is 0.455 e. The van der Waals surface area contributed by atoms with Gasteiger partial charge in [-0.3, -0.25) is 4.90 Å². The number of piperazine rings is 1. The molecule has 0 bridgehead atoms. The average Bonchev–Trinajstić information content (AvgIpc) is 3.09. The Morgan fingerprint density at radius 2 is 1.90 bits per heavy atom. The summed E-state index contributed by atoms with van der Waals surface area (Å²) in [5, 5.41) is 14.5. The molecule has 2 aromatic heterocycles. The van der Waals surface area contributed by atoms with Crippen LogP contribution in [0, 0.1) is 0 Å². The van der Waals surface area contributed by atoms with Gasteiger partial charge in [0, 0.05) is 61.3 Å². The van der Waals surface area contributed by atoms with Crippen molar-refractivity contribution in [2.45, 2.75) is 89.3 Å². The molecule has 1 unspecified atom stereocenters. The number of hydrogen-bond donors (Lipinski definition) is 2. The van der Waals surface area contributed by atoms with E-state index in [1.165, 1.54) is 0 Å². The van der Waals surface area contributed by atoms with Crippen LogP contribution in [0.25, 0.3) is 11.1 Å². The number of aliphatic hydroxyl groups is 1. The first-order valence-electron chi connectivity index (χ1n) is 11.4. The lowest BCUT2D eigenvalue weighted by Crippen LogP contribution is -2.58. The van der Waals surface area contributed by atoms with Crippen LogP contribution in [0.1, 0.15) is 89.5 Å². The number of pyridine rings is 1. The summed E-state index contributed by atoms with van der Waals surface area (Å²) in [6.07, 6.45) is -0.156.